The van der Waals surface area contributed by atoms with E-state index in [2.05, 4.69) is 15.3 Å². The van der Waals surface area contributed by atoms with Crippen molar-refractivity contribution in [2.75, 3.05) is 13.1 Å². The van der Waals surface area contributed by atoms with Gasteiger partial charge in [-0.2, -0.15) is 0 Å². The fraction of sp³-hybridized carbons (Fsp3) is 0.190. The van der Waals surface area contributed by atoms with Crippen molar-refractivity contribution in [2.45, 2.75) is 12.5 Å². The minimum Gasteiger partial charge on any atom is -0.315 e. The number of fused-ring (bicyclic) bond motifs is 1. The molecule has 0 unspecified atom stereocenters. The normalized spacial score (nSPS) is 16.2. The summed E-state index contributed by atoms with van der Waals surface area (Å²) in [7, 11) is 0. The van der Waals surface area contributed by atoms with Gasteiger partial charge >= 0.3 is 5.69 Å². The molecule has 1 N–H and O–H groups in total. The molecule has 4 heterocycles. The number of rotatable bonds is 3. The van der Waals surface area contributed by atoms with E-state index in [1.54, 1.807) is 23.2 Å². The van der Waals surface area contributed by atoms with Crippen molar-refractivity contribution < 1.29 is 0 Å². The smallest absolute Gasteiger partial charge is 0.315 e. The van der Waals surface area contributed by atoms with Gasteiger partial charge in [0.15, 0.2) is 5.65 Å². The molecule has 28 heavy (non-hydrogen) atoms. The van der Waals surface area contributed by atoms with E-state index in [4.69, 9.17) is 0 Å². The maximum absolute atomic E-state index is 13.3. The van der Waals surface area contributed by atoms with Gasteiger partial charge in [-0.25, -0.2) is 9.78 Å². The van der Waals surface area contributed by atoms with Gasteiger partial charge in [0.1, 0.15) is 0 Å². The van der Waals surface area contributed by atoms with Crippen LogP contribution in [0.4, 0.5) is 0 Å². The Morgan fingerprint density at radius 1 is 0.964 bits per heavy atom. The fourth-order valence-corrected chi connectivity index (χ4v) is 3.84. The first-order valence-electron chi connectivity index (χ1n) is 9.12. The third kappa shape index (κ3) is 3.00. The lowest BCUT2D eigenvalue weighted by Crippen LogP contribution is -2.28. The Kier molecular flexibility index (Phi) is 4.98. The summed E-state index contributed by atoms with van der Waals surface area (Å²) in [5, 5.41) is 3.34. The average Bonchev–Trinajstić information content (AvgIpc) is 3.34. The number of halogens is 1. The Balaban J connectivity index is 0.00000192. The van der Waals surface area contributed by atoms with E-state index in [0.29, 0.717) is 0 Å². The van der Waals surface area contributed by atoms with Gasteiger partial charge in [0.25, 0.3) is 0 Å². The molecule has 1 aliphatic rings. The Hall–Kier alpha value is -2.96. The topological polar surface area (TPSA) is 64.7 Å². The van der Waals surface area contributed by atoms with Crippen molar-refractivity contribution in [2.24, 2.45) is 0 Å². The molecule has 1 atom stereocenters. The predicted octanol–water partition coefficient (Wildman–Crippen LogP) is 3.21. The molecule has 0 radical (unpaired) electrons. The summed E-state index contributed by atoms with van der Waals surface area (Å²) in [6.07, 6.45) is 6.25. The van der Waals surface area contributed by atoms with Gasteiger partial charge in [-0.05, 0) is 60.5 Å². The van der Waals surface area contributed by atoms with Gasteiger partial charge in [-0.15, -0.1) is 12.4 Å². The summed E-state index contributed by atoms with van der Waals surface area (Å²) in [6, 6.07) is 16.0. The summed E-state index contributed by atoms with van der Waals surface area (Å²) in [6.45, 7) is 1.73. The summed E-state index contributed by atoms with van der Waals surface area (Å²) in [4.78, 5) is 21.8. The summed E-state index contributed by atoms with van der Waals surface area (Å²) >= 11 is 0. The van der Waals surface area contributed by atoms with E-state index >= 15 is 0 Å². The highest BCUT2D eigenvalue weighted by Crippen LogP contribution is 2.24. The molecule has 0 bridgehead atoms. The predicted molar refractivity (Wildman–Crippen MR) is 112 cm³/mol. The fourth-order valence-electron chi connectivity index (χ4n) is 3.84. The Morgan fingerprint density at radius 2 is 1.71 bits per heavy atom. The number of aromatic nitrogens is 4. The second kappa shape index (κ2) is 7.58. The number of imidazole rings is 1. The molecule has 1 fully saturated rings. The van der Waals surface area contributed by atoms with Crippen molar-refractivity contribution in [3.63, 3.8) is 0 Å². The quantitative estimate of drug-likeness (QED) is 0.580. The van der Waals surface area contributed by atoms with E-state index in [1.165, 1.54) is 0 Å². The van der Waals surface area contributed by atoms with Crippen LogP contribution in [-0.2, 0) is 0 Å². The lowest BCUT2D eigenvalue weighted by Gasteiger charge is -2.09. The van der Waals surface area contributed by atoms with E-state index in [1.807, 2.05) is 53.1 Å². The van der Waals surface area contributed by atoms with E-state index < -0.39 is 0 Å². The summed E-state index contributed by atoms with van der Waals surface area (Å²) in [5.74, 6) is 0. The molecule has 0 amide bonds. The Morgan fingerprint density at radius 3 is 2.43 bits per heavy atom. The highest BCUT2D eigenvalue weighted by atomic mass is 35.5. The van der Waals surface area contributed by atoms with Crippen LogP contribution in [0.15, 0.2) is 71.9 Å². The van der Waals surface area contributed by atoms with Crippen molar-refractivity contribution >= 4 is 23.6 Å². The van der Waals surface area contributed by atoms with Crippen molar-refractivity contribution in [1.29, 1.82) is 0 Å². The number of pyridine rings is 2. The monoisotopic (exact) mass is 393 g/mol. The Labute approximate surface area is 168 Å². The maximum Gasteiger partial charge on any atom is 0.335 e. The third-order valence-electron chi connectivity index (χ3n) is 5.17. The van der Waals surface area contributed by atoms with E-state index in [9.17, 15) is 4.79 Å². The van der Waals surface area contributed by atoms with Gasteiger partial charge < -0.3 is 5.32 Å². The lowest BCUT2D eigenvalue weighted by atomic mass is 10.1. The van der Waals surface area contributed by atoms with Gasteiger partial charge in [-0.3, -0.25) is 14.1 Å². The average molecular weight is 394 g/mol. The molecule has 0 aliphatic carbocycles. The molecule has 3 aromatic heterocycles. The number of hydrogen-bond acceptors (Lipinski definition) is 4. The number of benzene rings is 1. The van der Waals surface area contributed by atoms with E-state index in [-0.39, 0.29) is 24.1 Å². The van der Waals surface area contributed by atoms with Crippen LogP contribution in [0.25, 0.3) is 28.0 Å². The molecule has 1 saturated heterocycles. The van der Waals surface area contributed by atoms with Crippen molar-refractivity contribution in [3.05, 3.63) is 77.6 Å². The van der Waals surface area contributed by atoms with Gasteiger partial charge in [-0.1, -0.05) is 12.1 Å². The van der Waals surface area contributed by atoms with Crippen LogP contribution in [0.2, 0.25) is 0 Å². The number of hydrogen-bond donors (Lipinski definition) is 1. The molecule has 142 valence electrons. The lowest BCUT2D eigenvalue weighted by molar-refractivity contribution is 0.537. The third-order valence-corrected chi connectivity index (χ3v) is 5.17. The van der Waals surface area contributed by atoms with Crippen LogP contribution in [0.5, 0.6) is 0 Å². The first-order chi connectivity index (χ1) is 13.3. The summed E-state index contributed by atoms with van der Waals surface area (Å²) < 4.78 is 3.60. The van der Waals surface area contributed by atoms with Crippen LogP contribution in [0.1, 0.15) is 12.5 Å². The van der Waals surface area contributed by atoms with Crippen molar-refractivity contribution in [3.8, 4) is 16.8 Å². The second-order valence-electron chi connectivity index (χ2n) is 6.76. The molecule has 1 aromatic carbocycles. The van der Waals surface area contributed by atoms with Crippen LogP contribution in [-0.4, -0.2) is 32.2 Å². The molecule has 5 rings (SSSR count). The molecular formula is C21H20ClN5O. The van der Waals surface area contributed by atoms with Gasteiger partial charge in [0, 0.05) is 25.1 Å². The standard InChI is InChI=1S/C21H19N5O.ClH/c27-21-25(17-5-3-15(4-6-17)16-7-11-22-12-8-16)19-2-1-10-24-20(19)26(21)18-9-13-23-14-18;/h1-8,10-12,18,23H,9,13-14H2;1H/t18-;/m0./s1. The zero-order chi connectivity index (χ0) is 18.2. The molecule has 0 spiro atoms. The molecule has 4 aromatic rings. The van der Waals surface area contributed by atoms with Gasteiger partial charge in [0.2, 0.25) is 0 Å². The van der Waals surface area contributed by atoms with E-state index in [0.717, 1.165) is 47.5 Å². The minimum atomic E-state index is -0.0333. The molecule has 0 saturated carbocycles. The zero-order valence-corrected chi connectivity index (χ0v) is 16.0. The SMILES string of the molecule is Cl.O=c1n(-c2ccc(-c3ccncc3)cc2)c2cccnc2n1[C@H]1CCNC1. The summed E-state index contributed by atoms with van der Waals surface area (Å²) in [5.41, 5.74) is 4.59. The molecule has 7 heteroatoms. The Bertz CT molecular complexity index is 1150. The van der Waals surface area contributed by atoms with Crippen LogP contribution in [0.3, 0.4) is 0 Å². The van der Waals surface area contributed by atoms with Crippen molar-refractivity contribution in [1.82, 2.24) is 24.4 Å². The van der Waals surface area contributed by atoms with Crippen LogP contribution >= 0.6 is 12.4 Å². The van der Waals surface area contributed by atoms with Crippen LogP contribution in [0, 0.1) is 0 Å². The first-order valence-corrected chi connectivity index (χ1v) is 9.12. The highest BCUT2D eigenvalue weighted by Gasteiger charge is 2.24. The number of nitrogens with zero attached hydrogens (tertiary/aromatic N) is 4. The molecule has 6 nitrogen and oxygen atoms in total. The van der Waals surface area contributed by atoms with Gasteiger partial charge in [0.05, 0.1) is 17.2 Å². The minimum absolute atomic E-state index is 0. The first kappa shape index (κ1) is 18.4. The molecular weight excluding hydrogens is 374 g/mol. The largest absolute Gasteiger partial charge is 0.335 e. The molecule has 1 aliphatic heterocycles. The maximum atomic E-state index is 13.3. The van der Waals surface area contributed by atoms with Crippen LogP contribution < -0.4 is 11.0 Å². The highest BCUT2D eigenvalue weighted by molar-refractivity contribution is 5.85. The number of nitrogens with one attached hydrogen (secondary N) is 1. The second-order valence-corrected chi connectivity index (χ2v) is 6.76. The zero-order valence-electron chi connectivity index (χ0n) is 15.2.